The lowest BCUT2D eigenvalue weighted by Crippen LogP contribution is -2.22. The van der Waals surface area contributed by atoms with Crippen LogP contribution in [0.15, 0.2) is 0 Å². The molecule has 0 fully saturated rings. The molecular weight excluding hydrogens is 252 g/mol. The van der Waals surface area contributed by atoms with Crippen molar-refractivity contribution in [2.24, 2.45) is 0 Å². The highest BCUT2D eigenvalue weighted by atomic mass is 35.5. The highest BCUT2D eigenvalue weighted by molar-refractivity contribution is 6.32. The van der Waals surface area contributed by atoms with Crippen LogP contribution in [0.25, 0.3) is 0 Å². The van der Waals surface area contributed by atoms with E-state index in [4.69, 9.17) is 16.3 Å². The number of ether oxygens (including phenoxy) is 1. The Kier molecular flexibility index (Phi) is 4.27. The van der Waals surface area contributed by atoms with Crippen LogP contribution in [0.3, 0.4) is 0 Å². The van der Waals surface area contributed by atoms with Crippen molar-refractivity contribution in [2.75, 3.05) is 34.8 Å². The Hall–Kier alpha value is -0.620. The minimum absolute atomic E-state index is 0.192. The second-order valence-electron chi connectivity index (χ2n) is 5.01. The second kappa shape index (κ2) is 5.57. The molecule has 0 aliphatic carbocycles. The summed E-state index contributed by atoms with van der Waals surface area (Å²) in [6.45, 7) is 2.84. The van der Waals surface area contributed by atoms with E-state index in [1.54, 1.807) is 7.11 Å². The molecular formula is C12H21ClN4O. The molecule has 0 bridgehead atoms. The number of halogens is 1. The van der Waals surface area contributed by atoms with Crippen LogP contribution in [-0.4, -0.2) is 54.4 Å². The Morgan fingerprint density at radius 1 is 1.39 bits per heavy atom. The van der Waals surface area contributed by atoms with E-state index < -0.39 is 0 Å². The van der Waals surface area contributed by atoms with E-state index in [1.165, 1.54) is 0 Å². The molecule has 6 heteroatoms. The summed E-state index contributed by atoms with van der Waals surface area (Å²) < 4.78 is 7.49. The predicted molar refractivity (Wildman–Crippen MR) is 71.6 cm³/mol. The van der Waals surface area contributed by atoms with E-state index >= 15 is 0 Å². The van der Waals surface area contributed by atoms with Gasteiger partial charge in [0.1, 0.15) is 5.69 Å². The van der Waals surface area contributed by atoms with Crippen molar-refractivity contribution < 1.29 is 4.74 Å². The minimum atomic E-state index is -0.192. The molecule has 0 saturated carbocycles. The number of hydrogen-bond acceptors (Lipinski definition) is 4. The smallest absolute Gasteiger partial charge is 0.156 e. The van der Waals surface area contributed by atoms with Gasteiger partial charge in [0.2, 0.25) is 0 Å². The van der Waals surface area contributed by atoms with Crippen molar-refractivity contribution in [3.05, 3.63) is 16.4 Å². The van der Waals surface area contributed by atoms with Gasteiger partial charge in [-0.2, -0.15) is 5.10 Å². The topological polar surface area (TPSA) is 33.5 Å². The third kappa shape index (κ3) is 2.54. The molecule has 1 aliphatic heterocycles. The summed E-state index contributed by atoms with van der Waals surface area (Å²) in [7, 11) is 7.71. The predicted octanol–water partition coefficient (Wildman–Crippen LogP) is 1.58. The number of aromatic nitrogens is 2. The van der Waals surface area contributed by atoms with E-state index in [-0.39, 0.29) is 6.23 Å². The van der Waals surface area contributed by atoms with Gasteiger partial charge in [0.25, 0.3) is 0 Å². The first-order chi connectivity index (χ1) is 8.54. The van der Waals surface area contributed by atoms with Gasteiger partial charge in [0, 0.05) is 26.7 Å². The highest BCUT2D eigenvalue weighted by Crippen LogP contribution is 2.30. The zero-order valence-electron chi connectivity index (χ0n) is 11.5. The molecule has 102 valence electrons. The van der Waals surface area contributed by atoms with E-state index in [2.05, 4.69) is 17.0 Å². The Balaban J connectivity index is 2.37. The van der Waals surface area contributed by atoms with Crippen LogP contribution >= 0.6 is 11.6 Å². The van der Waals surface area contributed by atoms with Gasteiger partial charge in [-0.15, -0.1) is 0 Å². The fourth-order valence-corrected chi connectivity index (χ4v) is 2.67. The van der Waals surface area contributed by atoms with Crippen LogP contribution in [0.5, 0.6) is 0 Å². The fourth-order valence-electron chi connectivity index (χ4n) is 2.38. The third-order valence-electron chi connectivity index (χ3n) is 3.27. The van der Waals surface area contributed by atoms with Gasteiger partial charge in [-0.05, 0) is 27.6 Å². The zero-order valence-corrected chi connectivity index (χ0v) is 12.2. The van der Waals surface area contributed by atoms with E-state index in [0.29, 0.717) is 0 Å². The van der Waals surface area contributed by atoms with Crippen molar-refractivity contribution in [3.8, 4) is 0 Å². The van der Waals surface area contributed by atoms with Gasteiger partial charge < -0.3 is 9.64 Å². The van der Waals surface area contributed by atoms with E-state index in [1.807, 2.05) is 23.7 Å². The molecule has 1 unspecified atom stereocenters. The number of aryl methyl sites for hydroxylation is 1. The molecule has 1 aromatic rings. The lowest BCUT2D eigenvalue weighted by atomic mass is 10.3. The number of fused-ring (bicyclic) bond motifs is 1. The third-order valence-corrected chi connectivity index (χ3v) is 3.69. The van der Waals surface area contributed by atoms with Crippen LogP contribution in [0.2, 0.25) is 5.02 Å². The maximum atomic E-state index is 6.48. The summed E-state index contributed by atoms with van der Waals surface area (Å²) in [4.78, 5) is 4.24. The van der Waals surface area contributed by atoms with Gasteiger partial charge in [-0.1, -0.05) is 11.6 Å². The molecule has 18 heavy (non-hydrogen) atoms. The quantitative estimate of drug-likeness (QED) is 0.783. The second-order valence-corrected chi connectivity index (χ2v) is 5.39. The van der Waals surface area contributed by atoms with Gasteiger partial charge in [0.15, 0.2) is 6.23 Å². The molecule has 0 spiro atoms. The molecule has 0 amide bonds. The number of methoxy groups -OCH3 is 1. The molecule has 0 N–H and O–H groups in total. The standard InChI is InChI=1S/C12H21ClN4O/c1-15(2)12(18-4)11-10(13)9-8-16(3)6-5-7-17(9)14-11/h12H,5-8H2,1-4H3. The molecule has 5 nitrogen and oxygen atoms in total. The summed E-state index contributed by atoms with van der Waals surface area (Å²) in [6, 6.07) is 0. The molecule has 0 saturated heterocycles. The normalized spacial score (nSPS) is 18.8. The van der Waals surface area contributed by atoms with Crippen molar-refractivity contribution in [2.45, 2.75) is 25.7 Å². The average molecular weight is 273 g/mol. The molecule has 1 aromatic heterocycles. The number of nitrogens with zero attached hydrogens (tertiary/aromatic N) is 4. The van der Waals surface area contributed by atoms with Gasteiger partial charge in [-0.25, -0.2) is 0 Å². The SMILES string of the molecule is COC(c1nn2c(c1Cl)CN(C)CCC2)N(C)C. The molecule has 2 rings (SSSR count). The summed E-state index contributed by atoms with van der Waals surface area (Å²) in [6.07, 6.45) is 0.905. The molecule has 1 atom stereocenters. The minimum Gasteiger partial charge on any atom is -0.360 e. The Labute approximate surface area is 113 Å². The summed E-state index contributed by atoms with van der Waals surface area (Å²) >= 11 is 6.48. The van der Waals surface area contributed by atoms with Gasteiger partial charge in [-0.3, -0.25) is 9.58 Å². The van der Waals surface area contributed by atoms with Crippen LogP contribution in [0, 0.1) is 0 Å². The number of hydrogen-bond donors (Lipinski definition) is 0. The molecule has 2 heterocycles. The summed E-state index contributed by atoms with van der Waals surface area (Å²) in [5.41, 5.74) is 1.91. The lowest BCUT2D eigenvalue weighted by Gasteiger charge is -2.21. The maximum absolute atomic E-state index is 6.48. The fraction of sp³-hybridized carbons (Fsp3) is 0.750. The lowest BCUT2D eigenvalue weighted by molar-refractivity contribution is -0.00892. The van der Waals surface area contributed by atoms with E-state index in [0.717, 1.165) is 42.5 Å². The van der Waals surface area contributed by atoms with Gasteiger partial charge >= 0.3 is 0 Å². The Bertz CT molecular complexity index is 418. The number of rotatable bonds is 3. The summed E-state index contributed by atoms with van der Waals surface area (Å²) in [5, 5.41) is 5.37. The van der Waals surface area contributed by atoms with Crippen LogP contribution < -0.4 is 0 Å². The molecule has 0 aromatic carbocycles. The first-order valence-corrected chi connectivity index (χ1v) is 6.55. The zero-order chi connectivity index (χ0) is 13.3. The average Bonchev–Trinajstić information content (AvgIpc) is 2.49. The largest absolute Gasteiger partial charge is 0.360 e. The first-order valence-electron chi connectivity index (χ1n) is 6.17. The van der Waals surface area contributed by atoms with Crippen LogP contribution in [0.4, 0.5) is 0 Å². The van der Waals surface area contributed by atoms with Crippen molar-refractivity contribution in [1.82, 2.24) is 19.6 Å². The Morgan fingerprint density at radius 2 is 2.11 bits per heavy atom. The molecule has 0 radical (unpaired) electrons. The monoisotopic (exact) mass is 272 g/mol. The maximum Gasteiger partial charge on any atom is 0.156 e. The Morgan fingerprint density at radius 3 is 2.72 bits per heavy atom. The summed E-state index contributed by atoms with van der Waals surface area (Å²) in [5.74, 6) is 0. The van der Waals surface area contributed by atoms with Crippen molar-refractivity contribution in [1.29, 1.82) is 0 Å². The van der Waals surface area contributed by atoms with Crippen LogP contribution in [-0.2, 0) is 17.8 Å². The van der Waals surface area contributed by atoms with Crippen LogP contribution in [0.1, 0.15) is 24.0 Å². The van der Waals surface area contributed by atoms with Crippen molar-refractivity contribution in [3.63, 3.8) is 0 Å². The van der Waals surface area contributed by atoms with Crippen molar-refractivity contribution >= 4 is 11.6 Å². The first kappa shape index (κ1) is 13.8. The van der Waals surface area contributed by atoms with E-state index in [9.17, 15) is 0 Å². The highest BCUT2D eigenvalue weighted by Gasteiger charge is 2.26. The van der Waals surface area contributed by atoms with Gasteiger partial charge in [0.05, 0.1) is 10.7 Å². The molecule has 1 aliphatic rings.